The third-order valence-electron chi connectivity index (χ3n) is 2.95. The molecule has 0 saturated carbocycles. The molecule has 0 amide bonds. The van der Waals surface area contributed by atoms with Crippen LogP contribution in [0.25, 0.3) is 0 Å². The molecule has 0 spiro atoms. The van der Waals surface area contributed by atoms with E-state index in [1.54, 1.807) is 0 Å². The van der Waals surface area contributed by atoms with Crippen molar-refractivity contribution < 1.29 is 4.74 Å². The molecule has 1 aromatic carbocycles. The second-order valence-electron chi connectivity index (χ2n) is 4.67. The Kier molecular flexibility index (Phi) is 4.79. The molecule has 0 radical (unpaired) electrons. The average molecular weight is 292 g/mol. The first kappa shape index (κ1) is 14.6. The van der Waals surface area contributed by atoms with Gasteiger partial charge in [-0.1, -0.05) is 29.3 Å². The van der Waals surface area contributed by atoms with E-state index < -0.39 is 0 Å². The largest absolute Gasteiger partial charge is 0.491 e. The maximum Gasteiger partial charge on any atom is 0.148 e. The van der Waals surface area contributed by atoms with E-state index in [-0.39, 0.29) is 0 Å². The van der Waals surface area contributed by atoms with Crippen LogP contribution in [0.5, 0.6) is 5.75 Å². The van der Waals surface area contributed by atoms with Crippen LogP contribution >= 0.6 is 11.6 Å². The Bertz CT molecular complexity index is 602. The number of hydrogen-bond donors (Lipinski definition) is 1. The molecule has 1 N–H and O–H groups in total. The third-order valence-corrected chi connectivity index (χ3v) is 3.40. The van der Waals surface area contributed by atoms with E-state index in [0.717, 1.165) is 17.0 Å². The number of benzene rings is 1. The number of nitrogens with one attached hydrogen (secondary N) is 1. The maximum absolute atomic E-state index is 6.10. The van der Waals surface area contributed by atoms with Crippen LogP contribution in [0.4, 0.5) is 5.82 Å². The highest BCUT2D eigenvalue weighted by Gasteiger charge is 2.05. The predicted octanol–water partition coefficient (Wildman–Crippen LogP) is 3.55. The fraction of sp³-hybridized carbons (Fsp3) is 0.333. The van der Waals surface area contributed by atoms with Crippen molar-refractivity contribution in [3.63, 3.8) is 0 Å². The summed E-state index contributed by atoms with van der Waals surface area (Å²) in [5, 5.41) is 3.70. The summed E-state index contributed by atoms with van der Waals surface area (Å²) in [7, 11) is 0. The minimum Gasteiger partial charge on any atom is -0.491 e. The van der Waals surface area contributed by atoms with Gasteiger partial charge in [0, 0.05) is 0 Å². The van der Waals surface area contributed by atoms with Crippen molar-refractivity contribution in [3.8, 4) is 5.75 Å². The van der Waals surface area contributed by atoms with Crippen molar-refractivity contribution in [1.82, 2.24) is 9.97 Å². The van der Waals surface area contributed by atoms with Gasteiger partial charge in [-0.3, -0.25) is 0 Å². The first-order chi connectivity index (χ1) is 9.58. The summed E-state index contributed by atoms with van der Waals surface area (Å²) in [6.07, 6.45) is 1.49. The van der Waals surface area contributed by atoms with Crippen LogP contribution in [0.3, 0.4) is 0 Å². The third kappa shape index (κ3) is 3.61. The molecule has 106 valence electrons. The van der Waals surface area contributed by atoms with E-state index in [1.165, 1.54) is 11.9 Å². The van der Waals surface area contributed by atoms with Crippen LogP contribution in [0.15, 0.2) is 24.5 Å². The molecule has 0 atom stereocenters. The molecular formula is C15H18ClN3O. The highest BCUT2D eigenvalue weighted by molar-refractivity contribution is 6.33. The van der Waals surface area contributed by atoms with Crippen LogP contribution < -0.4 is 10.1 Å². The van der Waals surface area contributed by atoms with Gasteiger partial charge in [0.05, 0.1) is 12.2 Å². The van der Waals surface area contributed by atoms with Gasteiger partial charge in [0.2, 0.25) is 0 Å². The summed E-state index contributed by atoms with van der Waals surface area (Å²) in [6.45, 7) is 7.13. The Labute approximate surface area is 124 Å². The fourth-order valence-corrected chi connectivity index (χ4v) is 2.04. The molecule has 0 aliphatic rings. The van der Waals surface area contributed by atoms with Crippen molar-refractivity contribution >= 4 is 17.4 Å². The number of ether oxygens (including phenoxy) is 1. The molecular weight excluding hydrogens is 274 g/mol. The van der Waals surface area contributed by atoms with E-state index in [4.69, 9.17) is 16.3 Å². The van der Waals surface area contributed by atoms with E-state index >= 15 is 0 Å². The molecule has 0 unspecified atom stereocenters. The van der Waals surface area contributed by atoms with Gasteiger partial charge >= 0.3 is 0 Å². The molecule has 0 fully saturated rings. The summed E-state index contributed by atoms with van der Waals surface area (Å²) in [5.41, 5.74) is 3.14. The van der Waals surface area contributed by atoms with Crippen molar-refractivity contribution in [3.05, 3.63) is 46.4 Å². The summed E-state index contributed by atoms with van der Waals surface area (Å²) in [4.78, 5) is 8.12. The van der Waals surface area contributed by atoms with Crippen molar-refractivity contribution in [2.24, 2.45) is 0 Å². The lowest BCUT2D eigenvalue weighted by Gasteiger charge is -2.11. The Hall–Kier alpha value is -1.81. The zero-order valence-electron chi connectivity index (χ0n) is 11.9. The van der Waals surface area contributed by atoms with Crippen LogP contribution in [0.2, 0.25) is 5.02 Å². The average Bonchev–Trinajstić information content (AvgIpc) is 2.41. The Balaban J connectivity index is 1.86. The number of hydrogen-bond acceptors (Lipinski definition) is 4. The molecule has 4 nitrogen and oxygen atoms in total. The molecule has 20 heavy (non-hydrogen) atoms. The predicted molar refractivity (Wildman–Crippen MR) is 81.7 cm³/mol. The molecule has 5 heteroatoms. The SMILES string of the molecule is Cc1ccc(OCCNc2ncnc(C)c2Cl)c(C)c1. The number of nitrogens with zero attached hydrogens (tertiary/aromatic N) is 2. The number of halogens is 1. The summed E-state index contributed by atoms with van der Waals surface area (Å²) in [5.74, 6) is 1.55. The van der Waals surface area contributed by atoms with Gasteiger partial charge < -0.3 is 10.1 Å². The molecule has 0 bridgehead atoms. The molecule has 1 aromatic heterocycles. The van der Waals surface area contributed by atoms with Gasteiger partial charge in [-0.15, -0.1) is 0 Å². The first-order valence-electron chi connectivity index (χ1n) is 6.49. The number of rotatable bonds is 5. The zero-order chi connectivity index (χ0) is 14.5. The van der Waals surface area contributed by atoms with Crippen LogP contribution in [0.1, 0.15) is 16.8 Å². The second kappa shape index (κ2) is 6.57. The maximum atomic E-state index is 6.10. The zero-order valence-corrected chi connectivity index (χ0v) is 12.7. The van der Waals surface area contributed by atoms with Crippen molar-refractivity contribution in [1.29, 1.82) is 0 Å². The highest BCUT2D eigenvalue weighted by atomic mass is 35.5. The lowest BCUT2D eigenvalue weighted by Crippen LogP contribution is -2.13. The molecule has 2 rings (SSSR count). The van der Waals surface area contributed by atoms with E-state index in [2.05, 4.69) is 28.3 Å². The minimum atomic E-state index is 0.545. The molecule has 0 saturated heterocycles. The van der Waals surface area contributed by atoms with Crippen molar-refractivity contribution in [2.45, 2.75) is 20.8 Å². The number of aryl methyl sites for hydroxylation is 3. The molecule has 0 aliphatic heterocycles. The smallest absolute Gasteiger partial charge is 0.148 e. The summed E-state index contributed by atoms with van der Waals surface area (Å²) >= 11 is 6.10. The minimum absolute atomic E-state index is 0.545. The summed E-state index contributed by atoms with van der Waals surface area (Å²) < 4.78 is 5.73. The molecule has 1 heterocycles. The van der Waals surface area contributed by atoms with Crippen LogP contribution in [0, 0.1) is 20.8 Å². The summed E-state index contributed by atoms with van der Waals surface area (Å²) in [6, 6.07) is 6.14. The van der Waals surface area contributed by atoms with E-state index in [1.807, 2.05) is 26.0 Å². The normalized spacial score (nSPS) is 10.4. The standard InChI is InChI=1S/C15H18ClN3O/c1-10-4-5-13(11(2)8-10)20-7-6-17-15-14(16)12(3)18-9-19-15/h4-5,8-9H,6-7H2,1-3H3,(H,17,18,19). The van der Waals surface area contributed by atoms with Gasteiger partial charge in [-0.25, -0.2) is 9.97 Å². The highest BCUT2D eigenvalue weighted by Crippen LogP contribution is 2.21. The van der Waals surface area contributed by atoms with Crippen LogP contribution in [-0.2, 0) is 0 Å². The van der Waals surface area contributed by atoms with Gasteiger partial charge in [0.25, 0.3) is 0 Å². The van der Waals surface area contributed by atoms with Crippen molar-refractivity contribution in [2.75, 3.05) is 18.5 Å². The Morgan fingerprint density at radius 2 is 2.00 bits per heavy atom. The topological polar surface area (TPSA) is 47.0 Å². The van der Waals surface area contributed by atoms with E-state index in [0.29, 0.717) is 24.0 Å². The number of aromatic nitrogens is 2. The lowest BCUT2D eigenvalue weighted by atomic mass is 10.1. The molecule has 0 aliphatic carbocycles. The van der Waals surface area contributed by atoms with Gasteiger partial charge in [0.1, 0.15) is 29.5 Å². The first-order valence-corrected chi connectivity index (χ1v) is 6.86. The monoisotopic (exact) mass is 291 g/mol. The Morgan fingerprint density at radius 1 is 1.20 bits per heavy atom. The molecule has 2 aromatic rings. The van der Waals surface area contributed by atoms with Crippen LogP contribution in [-0.4, -0.2) is 23.1 Å². The fourth-order valence-electron chi connectivity index (χ4n) is 1.87. The van der Waals surface area contributed by atoms with Gasteiger partial charge in [0.15, 0.2) is 0 Å². The van der Waals surface area contributed by atoms with E-state index in [9.17, 15) is 0 Å². The van der Waals surface area contributed by atoms with Gasteiger partial charge in [-0.2, -0.15) is 0 Å². The lowest BCUT2D eigenvalue weighted by molar-refractivity contribution is 0.330. The number of anilines is 1. The Morgan fingerprint density at radius 3 is 2.75 bits per heavy atom. The second-order valence-corrected chi connectivity index (χ2v) is 5.04. The quantitative estimate of drug-likeness (QED) is 0.856. The van der Waals surface area contributed by atoms with Gasteiger partial charge in [-0.05, 0) is 32.4 Å².